The van der Waals surface area contributed by atoms with Crippen molar-refractivity contribution in [3.05, 3.63) is 28.8 Å². The summed E-state index contributed by atoms with van der Waals surface area (Å²) < 4.78 is 5.63. The van der Waals surface area contributed by atoms with E-state index in [0.29, 0.717) is 5.92 Å². The van der Waals surface area contributed by atoms with Crippen molar-refractivity contribution in [2.45, 2.75) is 58.3 Å². The first kappa shape index (κ1) is 15.4. The summed E-state index contributed by atoms with van der Waals surface area (Å²) in [5.74, 6) is 2.19. The number of aryl methyl sites for hydroxylation is 2. The lowest BCUT2D eigenvalue weighted by atomic mass is 9.80. The van der Waals surface area contributed by atoms with Crippen LogP contribution in [0.25, 0.3) is 0 Å². The van der Waals surface area contributed by atoms with Crippen LogP contribution in [0.3, 0.4) is 0 Å². The number of hydrogen-bond acceptors (Lipinski definition) is 2. The second kappa shape index (κ2) is 7.12. The van der Waals surface area contributed by atoms with E-state index in [1.807, 2.05) is 0 Å². The van der Waals surface area contributed by atoms with Crippen molar-refractivity contribution in [1.82, 2.24) is 0 Å². The lowest BCUT2D eigenvalue weighted by Gasteiger charge is -2.27. The number of rotatable bonds is 4. The molecule has 0 saturated heterocycles. The highest BCUT2D eigenvalue weighted by molar-refractivity contribution is 5.44. The van der Waals surface area contributed by atoms with Gasteiger partial charge >= 0.3 is 0 Å². The molecular formula is C18H29NO. The zero-order chi connectivity index (χ0) is 14.5. The van der Waals surface area contributed by atoms with Gasteiger partial charge in [0, 0.05) is 5.92 Å². The van der Waals surface area contributed by atoms with Crippen molar-refractivity contribution in [3.63, 3.8) is 0 Å². The molecule has 1 aliphatic rings. The van der Waals surface area contributed by atoms with Crippen LogP contribution in [0.5, 0.6) is 5.75 Å². The Balaban J connectivity index is 2.32. The Morgan fingerprint density at radius 3 is 2.25 bits per heavy atom. The summed E-state index contributed by atoms with van der Waals surface area (Å²) >= 11 is 0. The maximum absolute atomic E-state index is 6.14. The summed E-state index contributed by atoms with van der Waals surface area (Å²) in [5, 5.41) is 0. The molecule has 2 N–H and O–H groups in total. The Morgan fingerprint density at radius 1 is 1.10 bits per heavy atom. The SMILES string of the molecule is COc1cc(C)c(C)cc1C(CN)C1CCCCCC1. The molecule has 2 nitrogen and oxygen atoms in total. The monoisotopic (exact) mass is 275 g/mol. The van der Waals surface area contributed by atoms with E-state index in [2.05, 4.69) is 26.0 Å². The van der Waals surface area contributed by atoms with E-state index < -0.39 is 0 Å². The fraction of sp³-hybridized carbons (Fsp3) is 0.667. The zero-order valence-electron chi connectivity index (χ0n) is 13.2. The smallest absolute Gasteiger partial charge is 0.122 e. The van der Waals surface area contributed by atoms with Crippen LogP contribution in [0.2, 0.25) is 0 Å². The van der Waals surface area contributed by atoms with Gasteiger partial charge in [-0.25, -0.2) is 0 Å². The van der Waals surface area contributed by atoms with E-state index >= 15 is 0 Å². The number of hydrogen-bond donors (Lipinski definition) is 1. The molecule has 0 heterocycles. The van der Waals surface area contributed by atoms with Crippen molar-refractivity contribution >= 4 is 0 Å². The van der Waals surface area contributed by atoms with Gasteiger partial charge in [-0.3, -0.25) is 0 Å². The van der Waals surface area contributed by atoms with Crippen molar-refractivity contribution in [2.75, 3.05) is 13.7 Å². The summed E-state index contributed by atoms with van der Waals surface area (Å²) in [7, 11) is 1.77. The molecule has 0 radical (unpaired) electrons. The standard InChI is InChI=1S/C18H29NO/c1-13-10-16(18(20-3)11-14(13)2)17(12-19)15-8-6-4-5-7-9-15/h10-11,15,17H,4-9,12,19H2,1-3H3. The molecule has 0 aromatic heterocycles. The Morgan fingerprint density at radius 2 is 1.70 bits per heavy atom. The Bertz CT molecular complexity index is 433. The van der Waals surface area contributed by atoms with Gasteiger partial charge in [-0.15, -0.1) is 0 Å². The molecule has 1 atom stereocenters. The van der Waals surface area contributed by atoms with Gasteiger partial charge in [0.15, 0.2) is 0 Å². The number of benzene rings is 1. The number of methoxy groups -OCH3 is 1. The molecule has 2 heteroatoms. The molecule has 1 aromatic rings. The molecule has 112 valence electrons. The minimum absolute atomic E-state index is 0.447. The number of ether oxygens (including phenoxy) is 1. The predicted octanol–water partition coefficient (Wildman–Crippen LogP) is 4.32. The van der Waals surface area contributed by atoms with E-state index in [1.54, 1.807) is 7.11 Å². The lowest BCUT2D eigenvalue weighted by molar-refractivity contribution is 0.357. The minimum Gasteiger partial charge on any atom is -0.496 e. The molecule has 1 aliphatic carbocycles. The Hall–Kier alpha value is -1.02. The van der Waals surface area contributed by atoms with Gasteiger partial charge in [0.05, 0.1) is 7.11 Å². The third-order valence-electron chi connectivity index (χ3n) is 4.97. The number of nitrogens with two attached hydrogens (primary N) is 1. The minimum atomic E-state index is 0.447. The lowest BCUT2D eigenvalue weighted by Crippen LogP contribution is -2.22. The summed E-state index contributed by atoms with van der Waals surface area (Å²) in [4.78, 5) is 0. The van der Waals surface area contributed by atoms with Crippen LogP contribution in [0.4, 0.5) is 0 Å². The first-order valence-electron chi connectivity index (χ1n) is 8.02. The van der Waals surface area contributed by atoms with E-state index in [4.69, 9.17) is 10.5 Å². The topological polar surface area (TPSA) is 35.2 Å². The Labute approximate surface area is 123 Å². The molecule has 1 saturated carbocycles. The third kappa shape index (κ3) is 3.35. The van der Waals surface area contributed by atoms with E-state index in [-0.39, 0.29) is 0 Å². The summed E-state index contributed by atoms with van der Waals surface area (Å²) in [6, 6.07) is 4.47. The van der Waals surface area contributed by atoms with Crippen LogP contribution in [0.1, 0.15) is 61.1 Å². The quantitative estimate of drug-likeness (QED) is 0.830. The summed E-state index contributed by atoms with van der Waals surface area (Å²) in [5.41, 5.74) is 10.1. The molecule has 0 spiro atoms. The third-order valence-corrected chi connectivity index (χ3v) is 4.97. The van der Waals surface area contributed by atoms with Crippen molar-refractivity contribution in [1.29, 1.82) is 0 Å². The van der Waals surface area contributed by atoms with Gasteiger partial charge in [-0.2, -0.15) is 0 Å². The maximum Gasteiger partial charge on any atom is 0.122 e. The van der Waals surface area contributed by atoms with Crippen molar-refractivity contribution in [3.8, 4) is 5.75 Å². The maximum atomic E-state index is 6.14. The molecule has 1 aromatic carbocycles. The second-order valence-electron chi connectivity index (χ2n) is 6.27. The van der Waals surface area contributed by atoms with Crippen LogP contribution < -0.4 is 10.5 Å². The van der Waals surface area contributed by atoms with E-state index in [9.17, 15) is 0 Å². The molecule has 1 fully saturated rings. The molecule has 0 bridgehead atoms. The predicted molar refractivity (Wildman–Crippen MR) is 85.5 cm³/mol. The van der Waals surface area contributed by atoms with Gasteiger partial charge in [0.1, 0.15) is 5.75 Å². The van der Waals surface area contributed by atoms with Crippen molar-refractivity contribution in [2.24, 2.45) is 11.7 Å². The molecule has 20 heavy (non-hydrogen) atoms. The molecule has 0 aliphatic heterocycles. The fourth-order valence-corrected chi connectivity index (χ4v) is 3.57. The second-order valence-corrected chi connectivity index (χ2v) is 6.27. The fourth-order valence-electron chi connectivity index (χ4n) is 3.57. The first-order valence-corrected chi connectivity index (χ1v) is 8.02. The van der Waals surface area contributed by atoms with Crippen LogP contribution in [-0.4, -0.2) is 13.7 Å². The molecule has 0 amide bonds. The van der Waals surface area contributed by atoms with Gasteiger partial charge in [-0.1, -0.05) is 31.7 Å². The van der Waals surface area contributed by atoms with Gasteiger partial charge in [-0.05, 0) is 61.9 Å². The largest absolute Gasteiger partial charge is 0.496 e. The van der Waals surface area contributed by atoms with Crippen LogP contribution in [0.15, 0.2) is 12.1 Å². The van der Waals surface area contributed by atoms with Gasteiger partial charge in [0.2, 0.25) is 0 Å². The first-order chi connectivity index (χ1) is 9.67. The van der Waals surface area contributed by atoms with Crippen LogP contribution in [-0.2, 0) is 0 Å². The summed E-state index contributed by atoms with van der Waals surface area (Å²) in [6.07, 6.45) is 8.12. The Kier molecular flexibility index (Phi) is 5.47. The summed E-state index contributed by atoms with van der Waals surface area (Å²) in [6.45, 7) is 5.05. The molecular weight excluding hydrogens is 246 g/mol. The van der Waals surface area contributed by atoms with Gasteiger partial charge < -0.3 is 10.5 Å². The highest BCUT2D eigenvalue weighted by atomic mass is 16.5. The average Bonchev–Trinajstić information content (AvgIpc) is 2.72. The van der Waals surface area contributed by atoms with Crippen LogP contribution in [0, 0.1) is 19.8 Å². The molecule has 1 unspecified atom stereocenters. The van der Waals surface area contributed by atoms with Gasteiger partial charge in [0.25, 0.3) is 0 Å². The highest BCUT2D eigenvalue weighted by Gasteiger charge is 2.26. The van der Waals surface area contributed by atoms with E-state index in [0.717, 1.165) is 18.2 Å². The zero-order valence-corrected chi connectivity index (χ0v) is 13.2. The average molecular weight is 275 g/mol. The normalized spacial score (nSPS) is 18.6. The van der Waals surface area contributed by atoms with Crippen molar-refractivity contribution < 1.29 is 4.74 Å². The molecule has 2 rings (SSSR count). The van der Waals surface area contributed by atoms with Crippen LogP contribution >= 0.6 is 0 Å². The van der Waals surface area contributed by atoms with E-state index in [1.165, 1.54) is 55.2 Å². The highest BCUT2D eigenvalue weighted by Crippen LogP contribution is 2.39.